The van der Waals surface area contributed by atoms with Crippen molar-refractivity contribution in [2.45, 2.75) is 25.8 Å². The maximum Gasteiger partial charge on any atom is 0.251 e. The van der Waals surface area contributed by atoms with E-state index in [1.807, 2.05) is 24.3 Å². The Morgan fingerprint density at radius 3 is 2.78 bits per heavy atom. The Balaban J connectivity index is 1.35. The number of hydrogen-bond acceptors (Lipinski definition) is 4. The second-order valence-electron chi connectivity index (χ2n) is 7.44. The molecule has 2 aromatic rings. The molecule has 2 heterocycles. The number of hydrogen-bond donors (Lipinski definition) is 3. The number of anilines is 1. The van der Waals surface area contributed by atoms with E-state index in [2.05, 4.69) is 20.9 Å². The van der Waals surface area contributed by atoms with Crippen LogP contribution in [0.5, 0.6) is 0 Å². The number of aromatic nitrogens is 1. The number of benzene rings is 1. The molecule has 0 radical (unpaired) electrons. The van der Waals surface area contributed by atoms with E-state index < -0.39 is 0 Å². The van der Waals surface area contributed by atoms with Gasteiger partial charge in [-0.2, -0.15) is 0 Å². The molecule has 1 unspecified atom stereocenters. The summed E-state index contributed by atoms with van der Waals surface area (Å²) < 4.78 is 0. The number of carbonyl (C=O) groups excluding carboxylic acids is 2. The number of nitrogens with one attached hydrogen (secondary N) is 3. The molecule has 27 heavy (non-hydrogen) atoms. The van der Waals surface area contributed by atoms with Crippen LogP contribution < -0.4 is 16.0 Å². The maximum atomic E-state index is 12.6. The number of nitrogens with zero attached hydrogens (tertiary/aromatic N) is 1. The van der Waals surface area contributed by atoms with E-state index >= 15 is 0 Å². The normalized spacial score (nSPS) is 20.1. The standard InChI is InChI=1S/C21H24N4O2/c26-19(24-14-17-5-1-2-9-23-17)15-4-3-6-16(12-15)25-20(27)18-13-21(18)7-10-22-11-8-21/h1-6,9,12,18,22H,7-8,10-11,13-14H2,(H,24,26)(H,25,27). The highest BCUT2D eigenvalue weighted by molar-refractivity contribution is 5.98. The minimum absolute atomic E-state index is 0.0722. The van der Waals surface area contributed by atoms with E-state index in [1.165, 1.54) is 0 Å². The molecule has 6 nitrogen and oxygen atoms in total. The fraction of sp³-hybridized carbons (Fsp3) is 0.381. The van der Waals surface area contributed by atoms with Crippen molar-refractivity contribution >= 4 is 17.5 Å². The summed E-state index contributed by atoms with van der Waals surface area (Å²) in [5.74, 6) is -0.0119. The van der Waals surface area contributed by atoms with Crippen LogP contribution in [-0.4, -0.2) is 29.9 Å². The second-order valence-corrected chi connectivity index (χ2v) is 7.44. The van der Waals surface area contributed by atoms with Gasteiger partial charge in [0.15, 0.2) is 0 Å². The molecule has 2 aliphatic rings. The molecule has 4 rings (SSSR count). The van der Waals surface area contributed by atoms with Crippen molar-refractivity contribution in [3.63, 3.8) is 0 Å². The van der Waals surface area contributed by atoms with Gasteiger partial charge in [-0.15, -0.1) is 0 Å². The van der Waals surface area contributed by atoms with E-state index in [4.69, 9.17) is 0 Å². The number of piperidine rings is 1. The van der Waals surface area contributed by atoms with Gasteiger partial charge in [0, 0.05) is 23.4 Å². The van der Waals surface area contributed by atoms with Crippen molar-refractivity contribution in [1.82, 2.24) is 15.6 Å². The van der Waals surface area contributed by atoms with Crippen molar-refractivity contribution in [3.05, 3.63) is 59.9 Å². The van der Waals surface area contributed by atoms with Crippen LogP contribution in [-0.2, 0) is 11.3 Å². The minimum Gasteiger partial charge on any atom is -0.346 e. The molecule has 1 saturated heterocycles. The Kier molecular flexibility index (Phi) is 4.90. The van der Waals surface area contributed by atoms with E-state index in [9.17, 15) is 9.59 Å². The summed E-state index contributed by atoms with van der Waals surface area (Å²) in [6.07, 6.45) is 4.82. The molecule has 3 N–H and O–H groups in total. The van der Waals surface area contributed by atoms with Gasteiger partial charge in [-0.05, 0) is 68.1 Å². The summed E-state index contributed by atoms with van der Waals surface area (Å²) in [5.41, 5.74) is 2.20. The van der Waals surface area contributed by atoms with E-state index in [1.54, 1.807) is 24.4 Å². The van der Waals surface area contributed by atoms with Gasteiger partial charge in [-0.1, -0.05) is 12.1 Å². The lowest BCUT2D eigenvalue weighted by atomic mass is 9.92. The van der Waals surface area contributed by atoms with E-state index in [-0.39, 0.29) is 23.1 Å². The largest absolute Gasteiger partial charge is 0.346 e. The molecule has 1 aromatic heterocycles. The number of amides is 2. The van der Waals surface area contributed by atoms with Crippen LogP contribution in [0, 0.1) is 11.3 Å². The van der Waals surface area contributed by atoms with Crippen LogP contribution in [0.1, 0.15) is 35.3 Å². The van der Waals surface area contributed by atoms with Crippen LogP contribution in [0.2, 0.25) is 0 Å². The predicted octanol–water partition coefficient (Wildman–Crippen LogP) is 2.34. The number of rotatable bonds is 5. The molecule has 1 aliphatic carbocycles. The zero-order chi connectivity index (χ0) is 18.7. The fourth-order valence-electron chi connectivity index (χ4n) is 3.94. The first-order chi connectivity index (χ1) is 13.2. The quantitative estimate of drug-likeness (QED) is 0.760. The highest BCUT2D eigenvalue weighted by Crippen LogP contribution is 2.58. The zero-order valence-corrected chi connectivity index (χ0v) is 15.2. The topological polar surface area (TPSA) is 83.1 Å². The monoisotopic (exact) mass is 364 g/mol. The van der Waals surface area contributed by atoms with Crippen LogP contribution in [0.25, 0.3) is 0 Å². The van der Waals surface area contributed by atoms with Crippen molar-refractivity contribution in [2.75, 3.05) is 18.4 Å². The van der Waals surface area contributed by atoms with Gasteiger partial charge >= 0.3 is 0 Å². The van der Waals surface area contributed by atoms with Crippen molar-refractivity contribution < 1.29 is 9.59 Å². The maximum absolute atomic E-state index is 12.6. The summed E-state index contributed by atoms with van der Waals surface area (Å²) in [4.78, 5) is 29.2. The van der Waals surface area contributed by atoms with Crippen LogP contribution in [0.15, 0.2) is 48.7 Å². The van der Waals surface area contributed by atoms with Crippen molar-refractivity contribution in [1.29, 1.82) is 0 Å². The van der Waals surface area contributed by atoms with Gasteiger partial charge in [-0.25, -0.2) is 0 Å². The lowest BCUT2D eigenvalue weighted by Gasteiger charge is -2.23. The van der Waals surface area contributed by atoms with Crippen molar-refractivity contribution in [2.24, 2.45) is 11.3 Å². The smallest absolute Gasteiger partial charge is 0.251 e. The molecule has 1 spiro atoms. The number of carbonyl (C=O) groups is 2. The van der Waals surface area contributed by atoms with Crippen LogP contribution in [0.4, 0.5) is 5.69 Å². The van der Waals surface area contributed by atoms with E-state index in [0.717, 1.165) is 38.0 Å². The Hall–Kier alpha value is -2.73. The summed E-state index contributed by atoms with van der Waals surface area (Å²) in [6, 6.07) is 12.7. The van der Waals surface area contributed by atoms with Gasteiger partial charge in [0.05, 0.1) is 12.2 Å². The molecule has 1 atom stereocenters. The molecule has 1 aliphatic heterocycles. The molecule has 0 bridgehead atoms. The van der Waals surface area contributed by atoms with Gasteiger partial charge < -0.3 is 16.0 Å². The third-order valence-electron chi connectivity index (χ3n) is 5.65. The summed E-state index contributed by atoms with van der Waals surface area (Å²) in [7, 11) is 0. The van der Waals surface area contributed by atoms with Gasteiger partial charge in [0.2, 0.25) is 5.91 Å². The van der Waals surface area contributed by atoms with Crippen LogP contribution in [0.3, 0.4) is 0 Å². The highest BCUT2D eigenvalue weighted by Gasteiger charge is 2.57. The summed E-state index contributed by atoms with van der Waals surface area (Å²) >= 11 is 0. The van der Waals surface area contributed by atoms with Gasteiger partial charge in [0.25, 0.3) is 5.91 Å². The second kappa shape index (κ2) is 7.48. The third kappa shape index (κ3) is 4.01. The summed E-state index contributed by atoms with van der Waals surface area (Å²) in [6.45, 7) is 2.36. The molecule has 2 fully saturated rings. The Bertz CT molecular complexity index is 831. The Morgan fingerprint density at radius 2 is 2.00 bits per heavy atom. The van der Waals surface area contributed by atoms with Crippen molar-refractivity contribution in [3.8, 4) is 0 Å². The van der Waals surface area contributed by atoms with Gasteiger partial charge in [0.1, 0.15) is 0 Å². The molecule has 140 valence electrons. The molecular formula is C21H24N4O2. The van der Waals surface area contributed by atoms with Gasteiger partial charge in [-0.3, -0.25) is 14.6 Å². The predicted molar refractivity (Wildman–Crippen MR) is 103 cm³/mol. The first-order valence-electron chi connectivity index (χ1n) is 9.46. The molecule has 2 amide bonds. The molecule has 1 saturated carbocycles. The van der Waals surface area contributed by atoms with E-state index in [0.29, 0.717) is 17.8 Å². The average Bonchev–Trinajstić information content (AvgIpc) is 3.40. The highest BCUT2D eigenvalue weighted by atomic mass is 16.2. The average molecular weight is 364 g/mol. The first kappa shape index (κ1) is 17.7. The molecule has 6 heteroatoms. The third-order valence-corrected chi connectivity index (χ3v) is 5.65. The lowest BCUT2D eigenvalue weighted by Crippen LogP contribution is -2.31. The molecular weight excluding hydrogens is 340 g/mol. The summed E-state index contributed by atoms with van der Waals surface area (Å²) in [5, 5.41) is 9.20. The molecule has 1 aromatic carbocycles. The first-order valence-corrected chi connectivity index (χ1v) is 9.46. The Labute approximate surface area is 158 Å². The zero-order valence-electron chi connectivity index (χ0n) is 15.2. The van der Waals surface area contributed by atoms with Crippen LogP contribution >= 0.6 is 0 Å². The minimum atomic E-state index is -0.182. The SMILES string of the molecule is O=C(NCc1ccccn1)c1cccc(NC(=O)C2CC23CCNCC3)c1. The lowest BCUT2D eigenvalue weighted by molar-refractivity contribution is -0.118. The number of pyridine rings is 1. The Morgan fingerprint density at radius 1 is 1.15 bits per heavy atom. The fourth-order valence-corrected chi connectivity index (χ4v) is 3.94.